The molecule has 19 heavy (non-hydrogen) atoms. The second-order valence-corrected chi connectivity index (χ2v) is 5.68. The highest BCUT2D eigenvalue weighted by molar-refractivity contribution is 5.83. The maximum absolute atomic E-state index is 11.9. The van der Waals surface area contributed by atoms with Crippen LogP contribution in [-0.2, 0) is 9.59 Å². The van der Waals surface area contributed by atoms with Crippen molar-refractivity contribution in [3.63, 3.8) is 0 Å². The van der Waals surface area contributed by atoms with Crippen molar-refractivity contribution in [2.75, 3.05) is 26.2 Å². The van der Waals surface area contributed by atoms with Crippen molar-refractivity contribution < 1.29 is 9.59 Å². The van der Waals surface area contributed by atoms with E-state index in [4.69, 9.17) is 0 Å². The van der Waals surface area contributed by atoms with E-state index in [1.807, 2.05) is 4.90 Å². The van der Waals surface area contributed by atoms with Crippen LogP contribution in [0.2, 0.25) is 0 Å². The van der Waals surface area contributed by atoms with Gasteiger partial charge < -0.3 is 15.5 Å². The Kier molecular flexibility index (Phi) is 5.19. The first kappa shape index (κ1) is 14.3. The first-order valence-electron chi connectivity index (χ1n) is 7.47. The number of hydrogen-bond donors (Lipinski definition) is 2. The smallest absolute Gasteiger partial charge is 0.237 e. The molecule has 0 aromatic rings. The number of hydrogen-bond acceptors (Lipinski definition) is 3. The Labute approximate surface area is 115 Å². The Morgan fingerprint density at radius 2 is 2.00 bits per heavy atom. The van der Waals surface area contributed by atoms with E-state index in [2.05, 4.69) is 17.6 Å². The molecule has 2 N–H and O–H groups in total. The molecular formula is C14H25N3O2. The van der Waals surface area contributed by atoms with E-state index in [-0.39, 0.29) is 17.9 Å². The molecule has 2 aliphatic rings. The Hall–Kier alpha value is -1.10. The average molecular weight is 267 g/mol. The van der Waals surface area contributed by atoms with E-state index in [9.17, 15) is 9.59 Å². The number of amides is 2. The predicted molar refractivity (Wildman–Crippen MR) is 73.6 cm³/mol. The summed E-state index contributed by atoms with van der Waals surface area (Å²) in [6.07, 6.45) is 4.92. The van der Waals surface area contributed by atoms with E-state index >= 15 is 0 Å². The van der Waals surface area contributed by atoms with Gasteiger partial charge in [0.1, 0.15) is 0 Å². The van der Waals surface area contributed by atoms with Gasteiger partial charge in [0.05, 0.1) is 6.04 Å². The molecule has 0 bridgehead atoms. The SMILES string of the molecule is CC1CCNC1C(=O)NCCC(=O)N1CCCCC1. The van der Waals surface area contributed by atoms with Crippen LogP contribution in [0.5, 0.6) is 0 Å². The summed E-state index contributed by atoms with van der Waals surface area (Å²) in [5.74, 6) is 0.599. The van der Waals surface area contributed by atoms with Gasteiger partial charge in [-0.25, -0.2) is 0 Å². The van der Waals surface area contributed by atoms with E-state index in [0.29, 0.717) is 18.9 Å². The molecule has 108 valence electrons. The molecule has 2 atom stereocenters. The Balaban J connectivity index is 1.65. The third kappa shape index (κ3) is 3.93. The van der Waals surface area contributed by atoms with Gasteiger partial charge in [0, 0.05) is 26.1 Å². The van der Waals surface area contributed by atoms with E-state index in [1.165, 1.54) is 6.42 Å². The molecule has 2 unspecified atom stereocenters. The highest BCUT2D eigenvalue weighted by Gasteiger charge is 2.29. The number of nitrogens with zero attached hydrogens (tertiary/aromatic N) is 1. The van der Waals surface area contributed by atoms with E-state index in [1.54, 1.807) is 0 Å². The summed E-state index contributed by atoms with van der Waals surface area (Å²) < 4.78 is 0. The van der Waals surface area contributed by atoms with Crippen LogP contribution in [0, 0.1) is 5.92 Å². The fourth-order valence-corrected chi connectivity index (χ4v) is 2.89. The summed E-state index contributed by atoms with van der Waals surface area (Å²) in [7, 11) is 0. The molecule has 0 aromatic heterocycles. The van der Waals surface area contributed by atoms with E-state index < -0.39 is 0 Å². The van der Waals surface area contributed by atoms with Gasteiger partial charge in [-0.2, -0.15) is 0 Å². The van der Waals surface area contributed by atoms with Gasteiger partial charge in [-0.1, -0.05) is 6.92 Å². The fraction of sp³-hybridized carbons (Fsp3) is 0.857. The first-order valence-corrected chi connectivity index (χ1v) is 7.47. The van der Waals surface area contributed by atoms with Crippen LogP contribution in [0.25, 0.3) is 0 Å². The summed E-state index contributed by atoms with van der Waals surface area (Å²) in [6, 6.07) is -0.0786. The largest absolute Gasteiger partial charge is 0.354 e. The molecule has 2 amide bonds. The monoisotopic (exact) mass is 267 g/mol. The molecule has 2 heterocycles. The van der Waals surface area contributed by atoms with Gasteiger partial charge in [0.15, 0.2) is 0 Å². The third-order valence-electron chi connectivity index (χ3n) is 4.16. The molecule has 5 heteroatoms. The Morgan fingerprint density at radius 1 is 1.26 bits per heavy atom. The summed E-state index contributed by atoms with van der Waals surface area (Å²) in [6.45, 7) is 5.22. The van der Waals surface area contributed by atoms with Gasteiger partial charge in [-0.05, 0) is 38.1 Å². The van der Waals surface area contributed by atoms with Gasteiger partial charge in [0.2, 0.25) is 11.8 Å². The standard InChI is InChI=1S/C14H25N3O2/c1-11-5-7-15-13(11)14(19)16-8-6-12(18)17-9-3-2-4-10-17/h11,13,15H,2-10H2,1H3,(H,16,19). The number of likely N-dealkylation sites (tertiary alicyclic amines) is 1. The first-order chi connectivity index (χ1) is 9.18. The highest BCUT2D eigenvalue weighted by atomic mass is 16.2. The average Bonchev–Trinajstić information content (AvgIpc) is 2.86. The van der Waals surface area contributed by atoms with Crippen molar-refractivity contribution in [3.05, 3.63) is 0 Å². The van der Waals surface area contributed by atoms with Crippen molar-refractivity contribution in [3.8, 4) is 0 Å². The molecule has 0 spiro atoms. The van der Waals surface area contributed by atoms with Crippen LogP contribution >= 0.6 is 0 Å². The van der Waals surface area contributed by atoms with Crippen LogP contribution in [-0.4, -0.2) is 48.9 Å². The molecule has 5 nitrogen and oxygen atoms in total. The maximum atomic E-state index is 11.9. The fourth-order valence-electron chi connectivity index (χ4n) is 2.89. The summed E-state index contributed by atoms with van der Waals surface area (Å²) >= 11 is 0. The van der Waals surface area contributed by atoms with E-state index in [0.717, 1.165) is 38.9 Å². The second kappa shape index (κ2) is 6.89. The van der Waals surface area contributed by atoms with Gasteiger partial charge in [-0.15, -0.1) is 0 Å². The van der Waals surface area contributed by atoms with Crippen LogP contribution in [0.15, 0.2) is 0 Å². The minimum atomic E-state index is -0.0786. The third-order valence-corrected chi connectivity index (χ3v) is 4.16. The zero-order valence-corrected chi connectivity index (χ0v) is 11.8. The lowest BCUT2D eigenvalue weighted by Crippen LogP contribution is -2.44. The highest BCUT2D eigenvalue weighted by Crippen LogP contribution is 2.14. The Bertz CT molecular complexity index is 327. The zero-order chi connectivity index (χ0) is 13.7. The topological polar surface area (TPSA) is 61.4 Å². The number of piperidine rings is 1. The van der Waals surface area contributed by atoms with Gasteiger partial charge in [-0.3, -0.25) is 9.59 Å². The Morgan fingerprint density at radius 3 is 2.63 bits per heavy atom. The summed E-state index contributed by atoms with van der Waals surface area (Å²) in [5, 5.41) is 6.08. The zero-order valence-electron chi connectivity index (χ0n) is 11.8. The normalized spacial score (nSPS) is 27.3. The lowest BCUT2D eigenvalue weighted by molar-refractivity contribution is -0.132. The molecule has 2 fully saturated rings. The van der Waals surface area contributed by atoms with Crippen LogP contribution in [0.1, 0.15) is 39.0 Å². The molecular weight excluding hydrogens is 242 g/mol. The number of nitrogens with one attached hydrogen (secondary N) is 2. The van der Waals surface area contributed by atoms with Crippen molar-refractivity contribution in [2.24, 2.45) is 5.92 Å². The lowest BCUT2D eigenvalue weighted by atomic mass is 10.0. The molecule has 0 radical (unpaired) electrons. The molecule has 0 aliphatic carbocycles. The summed E-state index contributed by atoms with van der Waals surface area (Å²) in [5.41, 5.74) is 0. The molecule has 0 saturated carbocycles. The summed E-state index contributed by atoms with van der Waals surface area (Å²) in [4.78, 5) is 25.8. The van der Waals surface area contributed by atoms with Crippen LogP contribution in [0.3, 0.4) is 0 Å². The second-order valence-electron chi connectivity index (χ2n) is 5.68. The van der Waals surface area contributed by atoms with Gasteiger partial charge >= 0.3 is 0 Å². The minimum absolute atomic E-state index is 0.0384. The van der Waals surface area contributed by atoms with Crippen LogP contribution in [0.4, 0.5) is 0 Å². The lowest BCUT2D eigenvalue weighted by Gasteiger charge is -2.26. The van der Waals surface area contributed by atoms with Crippen molar-refractivity contribution in [2.45, 2.75) is 45.1 Å². The number of rotatable bonds is 4. The number of carbonyl (C=O) groups excluding carboxylic acids is 2. The van der Waals surface area contributed by atoms with Crippen molar-refractivity contribution in [1.82, 2.24) is 15.5 Å². The maximum Gasteiger partial charge on any atom is 0.237 e. The predicted octanol–water partition coefficient (Wildman–Crippen LogP) is 0.503. The molecule has 2 aliphatic heterocycles. The molecule has 2 saturated heterocycles. The number of carbonyl (C=O) groups is 2. The van der Waals surface area contributed by atoms with Gasteiger partial charge in [0.25, 0.3) is 0 Å². The molecule has 2 rings (SSSR count). The van der Waals surface area contributed by atoms with Crippen molar-refractivity contribution in [1.29, 1.82) is 0 Å². The van der Waals surface area contributed by atoms with Crippen molar-refractivity contribution >= 4 is 11.8 Å². The van der Waals surface area contributed by atoms with Crippen LogP contribution < -0.4 is 10.6 Å². The minimum Gasteiger partial charge on any atom is -0.354 e. The quantitative estimate of drug-likeness (QED) is 0.780. The molecule has 0 aromatic carbocycles.